The van der Waals surface area contributed by atoms with Crippen LogP contribution in [-0.4, -0.2) is 54.5 Å². The van der Waals surface area contributed by atoms with Crippen LogP contribution >= 0.6 is 0 Å². The number of anilines is 1. The molecule has 1 unspecified atom stereocenters. The van der Waals surface area contributed by atoms with Crippen molar-refractivity contribution in [2.24, 2.45) is 0 Å². The smallest absolute Gasteiger partial charge is 0.238 e. The van der Waals surface area contributed by atoms with Crippen molar-refractivity contribution >= 4 is 11.6 Å². The minimum atomic E-state index is 0.0861. The van der Waals surface area contributed by atoms with E-state index in [1.165, 1.54) is 12.0 Å². The molecule has 1 heterocycles. The van der Waals surface area contributed by atoms with E-state index >= 15 is 0 Å². The van der Waals surface area contributed by atoms with Gasteiger partial charge in [-0.1, -0.05) is 48.5 Å². The monoisotopic (exact) mass is 379 g/mol. The summed E-state index contributed by atoms with van der Waals surface area (Å²) >= 11 is 0. The number of carbonyl (C=O) groups excluding carboxylic acids is 1. The van der Waals surface area contributed by atoms with Crippen LogP contribution < -0.4 is 5.32 Å². The molecule has 150 valence electrons. The van der Waals surface area contributed by atoms with E-state index in [1.54, 1.807) is 0 Å². The predicted molar refractivity (Wildman–Crippen MR) is 117 cm³/mol. The average Bonchev–Trinajstić information content (AvgIpc) is 2.70. The Morgan fingerprint density at radius 1 is 0.964 bits per heavy atom. The largest absolute Gasteiger partial charge is 0.324 e. The summed E-state index contributed by atoms with van der Waals surface area (Å²) in [7, 11) is 0. The molecule has 2 aromatic rings. The molecule has 1 fully saturated rings. The number of carbonyl (C=O) groups is 1. The van der Waals surface area contributed by atoms with Crippen LogP contribution in [0.15, 0.2) is 48.5 Å². The summed E-state index contributed by atoms with van der Waals surface area (Å²) in [6, 6.07) is 17.4. The van der Waals surface area contributed by atoms with E-state index in [2.05, 4.69) is 52.4 Å². The Balaban J connectivity index is 1.41. The topological polar surface area (TPSA) is 35.6 Å². The van der Waals surface area contributed by atoms with Gasteiger partial charge in [-0.05, 0) is 50.3 Å². The summed E-state index contributed by atoms with van der Waals surface area (Å²) in [6.07, 6.45) is 2.30. The Hall–Kier alpha value is -2.17. The highest BCUT2D eigenvalue weighted by atomic mass is 16.2. The number of para-hydroxylation sites is 1. The van der Waals surface area contributed by atoms with Crippen LogP contribution in [0.5, 0.6) is 0 Å². The van der Waals surface area contributed by atoms with E-state index < -0.39 is 0 Å². The molecule has 1 aliphatic rings. The maximum absolute atomic E-state index is 12.5. The number of benzene rings is 2. The van der Waals surface area contributed by atoms with Gasteiger partial charge in [-0.2, -0.15) is 0 Å². The van der Waals surface area contributed by atoms with Crippen LogP contribution in [0.3, 0.4) is 0 Å². The van der Waals surface area contributed by atoms with Gasteiger partial charge in [-0.25, -0.2) is 0 Å². The molecule has 1 N–H and O–H groups in total. The molecule has 2 aromatic carbocycles. The first-order chi connectivity index (χ1) is 13.5. The first-order valence-electron chi connectivity index (χ1n) is 10.4. The van der Waals surface area contributed by atoms with Crippen LogP contribution in [0.25, 0.3) is 0 Å². The Morgan fingerprint density at radius 3 is 2.25 bits per heavy atom. The van der Waals surface area contributed by atoms with Crippen LogP contribution in [0, 0.1) is 13.8 Å². The quantitative estimate of drug-likeness (QED) is 0.793. The SMILES string of the molecule is Cc1cccc(C)c1NC(=O)CN1CCN(C(C)CCc2ccccc2)CC1. The first kappa shape index (κ1) is 20.6. The standard InChI is InChI=1S/C24H33N3O/c1-19-8-7-9-20(2)24(19)25-23(28)18-26-14-16-27(17-15-26)21(3)12-13-22-10-5-4-6-11-22/h4-11,21H,12-18H2,1-3H3,(H,25,28). The number of piperazine rings is 1. The van der Waals surface area contributed by atoms with Gasteiger partial charge >= 0.3 is 0 Å². The third kappa shape index (κ3) is 5.66. The molecule has 0 spiro atoms. The highest BCUT2D eigenvalue weighted by molar-refractivity contribution is 5.93. The fraction of sp³-hybridized carbons (Fsp3) is 0.458. The summed E-state index contributed by atoms with van der Waals surface area (Å²) in [4.78, 5) is 17.3. The van der Waals surface area contributed by atoms with Crippen molar-refractivity contribution in [3.05, 3.63) is 65.2 Å². The molecule has 1 aliphatic heterocycles. The van der Waals surface area contributed by atoms with Gasteiger partial charge in [0.25, 0.3) is 0 Å². The Kier molecular flexibility index (Phi) is 7.24. The zero-order chi connectivity index (χ0) is 19.9. The molecule has 1 atom stereocenters. The highest BCUT2D eigenvalue weighted by Gasteiger charge is 2.22. The summed E-state index contributed by atoms with van der Waals surface area (Å²) in [6.45, 7) is 10.9. The van der Waals surface area contributed by atoms with Crippen LogP contribution in [0.4, 0.5) is 5.69 Å². The first-order valence-corrected chi connectivity index (χ1v) is 10.4. The second-order valence-corrected chi connectivity index (χ2v) is 8.00. The maximum atomic E-state index is 12.5. The third-order valence-electron chi connectivity index (χ3n) is 5.84. The molecule has 4 nitrogen and oxygen atoms in total. The number of hydrogen-bond donors (Lipinski definition) is 1. The summed E-state index contributed by atoms with van der Waals surface area (Å²) < 4.78 is 0. The molecule has 0 aliphatic carbocycles. The molecule has 0 aromatic heterocycles. The predicted octanol–water partition coefficient (Wildman–Crippen LogP) is 3.88. The van der Waals surface area contributed by atoms with E-state index in [9.17, 15) is 4.79 Å². The molecule has 1 saturated heterocycles. The van der Waals surface area contributed by atoms with Crippen molar-refractivity contribution in [2.75, 3.05) is 38.0 Å². The van der Waals surface area contributed by atoms with Crippen LogP contribution in [0.1, 0.15) is 30.0 Å². The van der Waals surface area contributed by atoms with Crippen molar-refractivity contribution in [1.82, 2.24) is 9.80 Å². The molecule has 3 rings (SSSR count). The second-order valence-electron chi connectivity index (χ2n) is 8.00. The minimum Gasteiger partial charge on any atom is -0.324 e. The van der Waals surface area contributed by atoms with Gasteiger partial charge in [0, 0.05) is 37.9 Å². The lowest BCUT2D eigenvalue weighted by Crippen LogP contribution is -2.51. The van der Waals surface area contributed by atoms with Gasteiger partial charge in [0.1, 0.15) is 0 Å². The lowest BCUT2D eigenvalue weighted by atomic mass is 10.0. The summed E-state index contributed by atoms with van der Waals surface area (Å²) in [5.74, 6) is 0.0861. The van der Waals surface area contributed by atoms with Crippen molar-refractivity contribution in [3.8, 4) is 0 Å². The van der Waals surface area contributed by atoms with E-state index in [0.29, 0.717) is 12.6 Å². The molecule has 4 heteroatoms. The highest BCUT2D eigenvalue weighted by Crippen LogP contribution is 2.19. The van der Waals surface area contributed by atoms with Gasteiger partial charge in [0.2, 0.25) is 5.91 Å². The van der Waals surface area contributed by atoms with Gasteiger partial charge in [0.15, 0.2) is 0 Å². The van der Waals surface area contributed by atoms with Crippen molar-refractivity contribution in [1.29, 1.82) is 0 Å². The molecule has 0 saturated carbocycles. The number of hydrogen-bond acceptors (Lipinski definition) is 3. The lowest BCUT2D eigenvalue weighted by Gasteiger charge is -2.38. The molecule has 28 heavy (non-hydrogen) atoms. The van der Waals surface area contributed by atoms with Gasteiger partial charge in [0.05, 0.1) is 6.54 Å². The fourth-order valence-corrected chi connectivity index (χ4v) is 3.96. The second kappa shape index (κ2) is 9.85. The Morgan fingerprint density at radius 2 is 1.61 bits per heavy atom. The zero-order valence-electron chi connectivity index (χ0n) is 17.4. The number of amides is 1. The van der Waals surface area contributed by atoms with Crippen molar-refractivity contribution in [2.45, 2.75) is 39.7 Å². The Bertz CT molecular complexity index is 746. The average molecular weight is 380 g/mol. The molecule has 0 radical (unpaired) electrons. The number of nitrogens with one attached hydrogen (secondary N) is 1. The molecular formula is C24H33N3O. The van der Waals surface area contributed by atoms with Crippen LogP contribution in [0.2, 0.25) is 0 Å². The number of aryl methyl sites for hydroxylation is 3. The Labute approximate surface area is 169 Å². The third-order valence-corrected chi connectivity index (χ3v) is 5.84. The lowest BCUT2D eigenvalue weighted by molar-refractivity contribution is -0.117. The molecule has 0 bridgehead atoms. The van der Waals surface area contributed by atoms with E-state index in [0.717, 1.165) is 49.4 Å². The number of nitrogens with zero attached hydrogens (tertiary/aromatic N) is 2. The number of rotatable bonds is 7. The van der Waals surface area contributed by atoms with Gasteiger partial charge in [-0.15, -0.1) is 0 Å². The van der Waals surface area contributed by atoms with Crippen LogP contribution in [-0.2, 0) is 11.2 Å². The van der Waals surface area contributed by atoms with E-state index in [4.69, 9.17) is 0 Å². The normalized spacial score (nSPS) is 16.7. The van der Waals surface area contributed by atoms with E-state index in [1.807, 2.05) is 32.0 Å². The fourth-order valence-electron chi connectivity index (χ4n) is 3.96. The zero-order valence-corrected chi connectivity index (χ0v) is 17.4. The summed E-state index contributed by atoms with van der Waals surface area (Å²) in [5.41, 5.74) is 4.60. The maximum Gasteiger partial charge on any atom is 0.238 e. The van der Waals surface area contributed by atoms with Gasteiger partial charge < -0.3 is 5.32 Å². The molecular weight excluding hydrogens is 346 g/mol. The van der Waals surface area contributed by atoms with E-state index in [-0.39, 0.29) is 5.91 Å². The van der Waals surface area contributed by atoms with Crippen molar-refractivity contribution in [3.63, 3.8) is 0 Å². The summed E-state index contributed by atoms with van der Waals surface area (Å²) in [5, 5.41) is 3.10. The molecule has 1 amide bonds. The van der Waals surface area contributed by atoms with Gasteiger partial charge in [-0.3, -0.25) is 14.6 Å². The van der Waals surface area contributed by atoms with Crippen molar-refractivity contribution < 1.29 is 4.79 Å². The minimum absolute atomic E-state index is 0.0861.